The maximum Gasteiger partial charge on any atom is 0.253 e. The van der Waals surface area contributed by atoms with Gasteiger partial charge in [-0.2, -0.15) is 0 Å². The van der Waals surface area contributed by atoms with E-state index in [2.05, 4.69) is 10.3 Å². The van der Waals surface area contributed by atoms with Gasteiger partial charge >= 0.3 is 0 Å². The van der Waals surface area contributed by atoms with E-state index in [4.69, 9.17) is 14.2 Å². The molecular weight excluding hydrogens is 410 g/mol. The molecule has 32 heavy (non-hydrogen) atoms. The Morgan fingerprint density at radius 3 is 2.03 bits per heavy atom. The molecule has 3 rings (SSSR count). The number of nitrogens with one attached hydrogen (secondary N) is 1. The number of benzene rings is 1. The number of carbonyl (C=O) groups excluding carboxylic acids is 2. The van der Waals surface area contributed by atoms with Crippen LogP contribution in [-0.2, 0) is 0 Å². The van der Waals surface area contributed by atoms with E-state index < -0.39 is 0 Å². The lowest BCUT2D eigenvalue weighted by atomic mass is 10.0. The van der Waals surface area contributed by atoms with Crippen molar-refractivity contribution in [2.45, 2.75) is 39.7 Å². The number of nitrogens with zero attached hydrogens (tertiary/aromatic N) is 2. The highest BCUT2D eigenvalue weighted by atomic mass is 16.5. The molecule has 172 valence electrons. The Labute approximate surface area is 188 Å². The maximum absolute atomic E-state index is 13.0. The van der Waals surface area contributed by atoms with Crippen molar-refractivity contribution in [3.05, 3.63) is 47.8 Å². The van der Waals surface area contributed by atoms with Crippen molar-refractivity contribution in [3.63, 3.8) is 0 Å². The third kappa shape index (κ3) is 5.69. The molecule has 1 aromatic heterocycles. The number of hydrogen-bond acceptors (Lipinski definition) is 6. The average molecular weight is 442 g/mol. The number of ether oxygens (including phenoxy) is 3. The Balaban J connectivity index is 1.66. The van der Waals surface area contributed by atoms with Gasteiger partial charge in [0.25, 0.3) is 11.8 Å². The first kappa shape index (κ1) is 23.4. The smallest absolute Gasteiger partial charge is 0.253 e. The molecule has 0 saturated carbocycles. The zero-order chi connectivity index (χ0) is 22.9. The van der Waals surface area contributed by atoms with Crippen molar-refractivity contribution in [2.24, 2.45) is 0 Å². The second-order valence-electron chi connectivity index (χ2n) is 7.38. The van der Waals surface area contributed by atoms with Crippen LogP contribution in [0.2, 0.25) is 0 Å². The molecule has 1 aliphatic heterocycles. The number of amides is 2. The Kier molecular flexibility index (Phi) is 8.30. The first-order valence-corrected chi connectivity index (χ1v) is 11.1. The summed E-state index contributed by atoms with van der Waals surface area (Å²) in [5, 5.41) is 3.09. The number of piperidine rings is 1. The topological polar surface area (TPSA) is 90.0 Å². The van der Waals surface area contributed by atoms with Gasteiger partial charge in [-0.05, 0) is 57.9 Å². The normalized spacial score (nSPS) is 14.0. The van der Waals surface area contributed by atoms with Crippen molar-refractivity contribution in [1.82, 2.24) is 15.2 Å². The van der Waals surface area contributed by atoms with Crippen LogP contribution in [0.1, 0.15) is 54.3 Å². The van der Waals surface area contributed by atoms with Crippen molar-refractivity contribution in [1.29, 1.82) is 0 Å². The van der Waals surface area contributed by atoms with Gasteiger partial charge in [0.1, 0.15) is 0 Å². The van der Waals surface area contributed by atoms with Crippen molar-refractivity contribution in [3.8, 4) is 17.2 Å². The van der Waals surface area contributed by atoms with Crippen LogP contribution in [-0.4, -0.2) is 60.7 Å². The van der Waals surface area contributed by atoms with E-state index in [-0.39, 0.29) is 17.9 Å². The van der Waals surface area contributed by atoms with E-state index in [9.17, 15) is 9.59 Å². The van der Waals surface area contributed by atoms with Gasteiger partial charge < -0.3 is 24.4 Å². The largest absolute Gasteiger partial charge is 0.490 e. The molecule has 0 bridgehead atoms. The highest BCUT2D eigenvalue weighted by Gasteiger charge is 2.26. The molecule has 1 aliphatic rings. The van der Waals surface area contributed by atoms with Crippen LogP contribution in [0.5, 0.6) is 17.2 Å². The van der Waals surface area contributed by atoms with Crippen LogP contribution >= 0.6 is 0 Å². The zero-order valence-electron chi connectivity index (χ0n) is 18.9. The van der Waals surface area contributed by atoms with Gasteiger partial charge in [0.2, 0.25) is 5.75 Å². The van der Waals surface area contributed by atoms with Crippen LogP contribution in [0.15, 0.2) is 36.7 Å². The molecule has 0 unspecified atom stereocenters. The number of likely N-dealkylation sites (tertiary alicyclic amines) is 1. The lowest BCUT2D eigenvalue weighted by Gasteiger charge is -2.32. The molecular formula is C24H31N3O5. The van der Waals surface area contributed by atoms with Crippen molar-refractivity contribution in [2.75, 3.05) is 32.9 Å². The molecule has 1 fully saturated rings. The summed E-state index contributed by atoms with van der Waals surface area (Å²) in [4.78, 5) is 31.4. The molecule has 0 radical (unpaired) electrons. The van der Waals surface area contributed by atoms with Crippen LogP contribution in [0.3, 0.4) is 0 Å². The van der Waals surface area contributed by atoms with E-state index in [0.717, 1.165) is 0 Å². The third-order valence-electron chi connectivity index (χ3n) is 5.22. The minimum Gasteiger partial charge on any atom is -0.490 e. The number of aromatic nitrogens is 1. The van der Waals surface area contributed by atoms with Gasteiger partial charge in [0, 0.05) is 42.7 Å². The summed E-state index contributed by atoms with van der Waals surface area (Å²) in [6, 6.07) is 6.80. The molecule has 0 aliphatic carbocycles. The maximum atomic E-state index is 13.0. The van der Waals surface area contributed by atoms with Gasteiger partial charge in [-0.15, -0.1) is 0 Å². The van der Waals surface area contributed by atoms with Gasteiger partial charge in [0.05, 0.1) is 19.8 Å². The molecule has 2 amide bonds. The Hall–Kier alpha value is -3.29. The fraction of sp³-hybridized carbons (Fsp3) is 0.458. The summed E-state index contributed by atoms with van der Waals surface area (Å²) in [6.07, 6.45) is 4.61. The Morgan fingerprint density at radius 1 is 0.938 bits per heavy atom. The number of hydrogen-bond donors (Lipinski definition) is 1. The highest BCUT2D eigenvalue weighted by molar-refractivity contribution is 5.96. The number of rotatable bonds is 9. The summed E-state index contributed by atoms with van der Waals surface area (Å²) in [5.41, 5.74) is 1.08. The summed E-state index contributed by atoms with van der Waals surface area (Å²) < 4.78 is 17.1. The van der Waals surface area contributed by atoms with E-state index in [1.165, 1.54) is 0 Å². The molecule has 8 heteroatoms. The zero-order valence-corrected chi connectivity index (χ0v) is 18.9. The fourth-order valence-electron chi connectivity index (χ4n) is 3.69. The molecule has 2 heterocycles. The lowest BCUT2D eigenvalue weighted by Crippen LogP contribution is -2.46. The van der Waals surface area contributed by atoms with E-state index in [1.54, 1.807) is 36.7 Å². The molecule has 1 aromatic carbocycles. The standard InChI is InChI=1S/C24H31N3O5/c1-4-30-20-15-18(16-21(31-5-2)22(20)32-6-3)23(28)26-19-9-13-27(14-10-19)24(29)17-7-11-25-12-8-17/h7-8,11-12,15-16,19H,4-6,9-10,13-14H2,1-3H3,(H,26,28). The molecule has 2 aromatic rings. The number of pyridine rings is 1. The molecule has 8 nitrogen and oxygen atoms in total. The highest BCUT2D eigenvalue weighted by Crippen LogP contribution is 2.39. The van der Waals surface area contributed by atoms with Crippen LogP contribution in [0, 0.1) is 0 Å². The Morgan fingerprint density at radius 2 is 1.50 bits per heavy atom. The molecule has 0 spiro atoms. The van der Waals surface area contributed by atoms with Crippen molar-refractivity contribution >= 4 is 11.8 Å². The second kappa shape index (κ2) is 11.4. The molecule has 0 atom stereocenters. The summed E-state index contributed by atoms with van der Waals surface area (Å²) in [6.45, 7) is 8.17. The molecule has 1 saturated heterocycles. The molecule has 1 N–H and O–H groups in total. The van der Waals surface area contributed by atoms with E-state index >= 15 is 0 Å². The fourth-order valence-corrected chi connectivity index (χ4v) is 3.69. The van der Waals surface area contributed by atoms with Crippen LogP contribution in [0.25, 0.3) is 0 Å². The Bertz CT molecular complexity index is 884. The predicted molar refractivity (Wildman–Crippen MR) is 121 cm³/mol. The second-order valence-corrected chi connectivity index (χ2v) is 7.38. The summed E-state index contributed by atoms with van der Waals surface area (Å²) >= 11 is 0. The van der Waals surface area contributed by atoms with Crippen LogP contribution < -0.4 is 19.5 Å². The monoisotopic (exact) mass is 441 g/mol. The van der Waals surface area contributed by atoms with Gasteiger partial charge in [0.15, 0.2) is 11.5 Å². The van der Waals surface area contributed by atoms with E-state index in [0.29, 0.717) is 74.1 Å². The predicted octanol–water partition coefficient (Wildman–Crippen LogP) is 3.31. The minimum absolute atomic E-state index is 0.00796. The SMILES string of the molecule is CCOc1cc(C(=O)NC2CCN(C(=O)c3ccncc3)CC2)cc(OCC)c1OCC. The summed E-state index contributed by atoms with van der Waals surface area (Å²) in [5.74, 6) is 1.28. The first-order chi connectivity index (χ1) is 15.6. The number of carbonyl (C=O) groups is 2. The first-order valence-electron chi connectivity index (χ1n) is 11.1. The lowest BCUT2D eigenvalue weighted by molar-refractivity contribution is 0.0698. The van der Waals surface area contributed by atoms with Gasteiger partial charge in [-0.3, -0.25) is 14.6 Å². The quantitative estimate of drug-likeness (QED) is 0.642. The minimum atomic E-state index is -0.200. The van der Waals surface area contributed by atoms with E-state index in [1.807, 2.05) is 25.7 Å². The van der Waals surface area contributed by atoms with Gasteiger partial charge in [-0.25, -0.2) is 0 Å². The van der Waals surface area contributed by atoms with Crippen molar-refractivity contribution < 1.29 is 23.8 Å². The average Bonchev–Trinajstić information content (AvgIpc) is 2.82. The van der Waals surface area contributed by atoms with Crippen LogP contribution in [0.4, 0.5) is 0 Å². The van der Waals surface area contributed by atoms with Gasteiger partial charge in [-0.1, -0.05) is 0 Å². The summed E-state index contributed by atoms with van der Waals surface area (Å²) in [7, 11) is 0. The third-order valence-corrected chi connectivity index (χ3v) is 5.22.